The Hall–Kier alpha value is -4.16. The average molecular weight is 527 g/mol. The Balaban J connectivity index is 1.23. The van der Waals surface area contributed by atoms with Crippen molar-refractivity contribution in [1.82, 2.24) is 24.8 Å². The van der Waals surface area contributed by atoms with Crippen molar-refractivity contribution in [2.75, 3.05) is 44.7 Å². The molecule has 0 bridgehead atoms. The molecule has 1 saturated heterocycles. The van der Waals surface area contributed by atoms with Gasteiger partial charge in [-0.3, -0.25) is 9.69 Å². The monoisotopic (exact) mass is 526 g/mol. The highest BCUT2D eigenvalue weighted by atomic mass is 19.4. The number of anilines is 2. The summed E-state index contributed by atoms with van der Waals surface area (Å²) in [5.41, 5.74) is 3.11. The lowest BCUT2D eigenvalue weighted by Crippen LogP contribution is -2.41. The maximum absolute atomic E-state index is 12.5. The molecule has 0 atom stereocenters. The van der Waals surface area contributed by atoms with Gasteiger partial charge in [0.05, 0.1) is 13.2 Å². The van der Waals surface area contributed by atoms with Gasteiger partial charge in [0.15, 0.2) is 5.65 Å². The number of ether oxygens (including phenoxy) is 2. The molecule has 3 heterocycles. The Morgan fingerprint density at radius 1 is 1.03 bits per heavy atom. The molecule has 198 valence electrons. The predicted molar refractivity (Wildman–Crippen MR) is 134 cm³/mol. The predicted octanol–water partition coefficient (Wildman–Crippen LogP) is 4.10. The molecule has 1 aliphatic rings. The molecule has 12 heteroatoms. The van der Waals surface area contributed by atoms with Gasteiger partial charge in [0, 0.05) is 49.2 Å². The van der Waals surface area contributed by atoms with Crippen molar-refractivity contribution in [3.63, 3.8) is 0 Å². The summed E-state index contributed by atoms with van der Waals surface area (Å²) in [6, 6.07) is 16.1. The largest absolute Gasteiger partial charge is 0.573 e. The third-order valence-electron chi connectivity index (χ3n) is 5.98. The maximum atomic E-state index is 12.5. The van der Waals surface area contributed by atoms with E-state index < -0.39 is 6.36 Å². The van der Waals surface area contributed by atoms with Crippen LogP contribution in [0.4, 0.5) is 24.8 Å². The summed E-state index contributed by atoms with van der Waals surface area (Å²) >= 11 is 0. The minimum atomic E-state index is -4.75. The van der Waals surface area contributed by atoms with E-state index in [1.807, 2.05) is 0 Å². The first-order chi connectivity index (χ1) is 18.3. The molecule has 0 unspecified atom stereocenters. The molecule has 2 N–H and O–H groups in total. The van der Waals surface area contributed by atoms with Crippen molar-refractivity contribution in [3.05, 3.63) is 72.4 Å². The van der Waals surface area contributed by atoms with Crippen LogP contribution in [-0.2, 0) is 4.74 Å². The molecule has 4 aromatic rings. The molecule has 0 saturated carbocycles. The van der Waals surface area contributed by atoms with Crippen molar-refractivity contribution in [2.24, 2.45) is 0 Å². The number of hydrogen-bond donors (Lipinski definition) is 2. The average Bonchev–Trinajstić information content (AvgIpc) is 3.32. The first-order valence-electron chi connectivity index (χ1n) is 12.0. The molecular formula is C26H25F3N6O3. The fraction of sp³-hybridized carbons (Fsp3) is 0.269. The molecule has 9 nitrogen and oxygen atoms in total. The molecule has 0 aliphatic carbocycles. The lowest BCUT2D eigenvalue weighted by molar-refractivity contribution is -0.274. The van der Waals surface area contributed by atoms with Gasteiger partial charge < -0.3 is 20.1 Å². The number of halogens is 3. The van der Waals surface area contributed by atoms with Gasteiger partial charge in [0.25, 0.3) is 5.91 Å². The molecule has 1 aliphatic heterocycles. The Bertz CT molecular complexity index is 1380. The molecule has 0 spiro atoms. The number of amides is 1. The van der Waals surface area contributed by atoms with E-state index in [-0.39, 0.29) is 11.7 Å². The third-order valence-corrected chi connectivity index (χ3v) is 5.98. The van der Waals surface area contributed by atoms with E-state index in [4.69, 9.17) is 4.74 Å². The van der Waals surface area contributed by atoms with Crippen molar-refractivity contribution in [3.8, 4) is 16.9 Å². The van der Waals surface area contributed by atoms with Crippen LogP contribution in [0.2, 0.25) is 0 Å². The highest BCUT2D eigenvalue weighted by molar-refractivity contribution is 5.94. The molecule has 1 fully saturated rings. The van der Waals surface area contributed by atoms with Gasteiger partial charge in [-0.2, -0.15) is 4.98 Å². The van der Waals surface area contributed by atoms with Gasteiger partial charge in [-0.15, -0.1) is 18.3 Å². The molecule has 5 rings (SSSR count). The van der Waals surface area contributed by atoms with Crippen molar-refractivity contribution < 1.29 is 27.4 Å². The zero-order chi connectivity index (χ0) is 26.5. The number of nitrogens with one attached hydrogen (secondary N) is 2. The number of nitrogens with zero attached hydrogens (tertiary/aromatic N) is 4. The lowest BCUT2D eigenvalue weighted by atomic mass is 10.1. The Kier molecular flexibility index (Phi) is 7.43. The molecule has 1 amide bonds. The molecule has 2 aromatic heterocycles. The van der Waals surface area contributed by atoms with E-state index in [0.29, 0.717) is 40.5 Å². The number of hydrogen-bond acceptors (Lipinski definition) is 7. The van der Waals surface area contributed by atoms with Gasteiger partial charge in [0.2, 0.25) is 5.95 Å². The number of morpholine rings is 1. The normalized spacial score (nSPS) is 14.4. The molecule has 0 radical (unpaired) electrons. The molecule has 2 aromatic carbocycles. The topological polar surface area (TPSA) is 93.0 Å². The van der Waals surface area contributed by atoms with E-state index in [9.17, 15) is 18.0 Å². The van der Waals surface area contributed by atoms with Gasteiger partial charge in [-0.05, 0) is 54.1 Å². The van der Waals surface area contributed by atoms with E-state index in [1.54, 1.807) is 47.1 Å². The first kappa shape index (κ1) is 25.5. The summed E-state index contributed by atoms with van der Waals surface area (Å²) in [7, 11) is 0. The number of carbonyl (C=O) groups excluding carboxylic acids is 1. The van der Waals surface area contributed by atoms with Gasteiger partial charge >= 0.3 is 6.36 Å². The smallest absolute Gasteiger partial charge is 0.406 e. The van der Waals surface area contributed by atoms with Crippen LogP contribution in [0, 0.1) is 0 Å². The summed E-state index contributed by atoms with van der Waals surface area (Å²) in [5, 5.41) is 10.5. The quantitative estimate of drug-likeness (QED) is 0.357. The minimum Gasteiger partial charge on any atom is -0.406 e. The number of benzene rings is 2. The number of carbonyl (C=O) groups is 1. The fourth-order valence-electron chi connectivity index (χ4n) is 4.11. The van der Waals surface area contributed by atoms with Crippen LogP contribution in [0.1, 0.15) is 10.4 Å². The zero-order valence-electron chi connectivity index (χ0n) is 20.2. The Morgan fingerprint density at radius 3 is 2.47 bits per heavy atom. The lowest BCUT2D eigenvalue weighted by Gasteiger charge is -2.26. The second kappa shape index (κ2) is 11.1. The Labute approximate surface area is 216 Å². The van der Waals surface area contributed by atoms with Gasteiger partial charge in [-0.25, -0.2) is 4.52 Å². The second-order valence-electron chi connectivity index (χ2n) is 8.61. The van der Waals surface area contributed by atoms with Crippen molar-refractivity contribution in [2.45, 2.75) is 6.36 Å². The number of rotatable bonds is 8. The summed E-state index contributed by atoms with van der Waals surface area (Å²) < 4.78 is 48.2. The van der Waals surface area contributed by atoms with Crippen LogP contribution in [0.5, 0.6) is 5.75 Å². The van der Waals surface area contributed by atoms with E-state index in [0.717, 1.165) is 32.8 Å². The standard InChI is InChI=1S/C26H25F3N6O3/c27-26(28,29)38-21-9-5-18(6-10-21)22-2-1-12-35-23(22)32-25(33-35)31-20-7-3-19(4-8-20)24(36)30-11-13-34-14-16-37-17-15-34/h1-10,12H,11,13-17H2,(H,30,36)(H,31,33). The van der Waals surface area contributed by atoms with Crippen LogP contribution in [0.15, 0.2) is 66.9 Å². The SMILES string of the molecule is O=C(NCCN1CCOCC1)c1ccc(Nc2nc3c(-c4ccc(OC(F)(F)F)cc4)cccn3n2)cc1. The first-order valence-corrected chi connectivity index (χ1v) is 12.0. The van der Waals surface area contributed by atoms with Crippen LogP contribution < -0.4 is 15.4 Å². The van der Waals surface area contributed by atoms with Crippen LogP contribution >= 0.6 is 0 Å². The molecular weight excluding hydrogens is 501 g/mol. The van der Waals surface area contributed by atoms with Crippen LogP contribution in [0.25, 0.3) is 16.8 Å². The zero-order valence-corrected chi connectivity index (χ0v) is 20.2. The van der Waals surface area contributed by atoms with E-state index in [1.165, 1.54) is 24.3 Å². The van der Waals surface area contributed by atoms with Crippen LogP contribution in [-0.4, -0.2) is 71.2 Å². The second-order valence-corrected chi connectivity index (χ2v) is 8.61. The highest BCUT2D eigenvalue weighted by Gasteiger charge is 2.31. The van der Waals surface area contributed by atoms with Crippen molar-refractivity contribution in [1.29, 1.82) is 0 Å². The van der Waals surface area contributed by atoms with Gasteiger partial charge in [-0.1, -0.05) is 12.1 Å². The van der Waals surface area contributed by atoms with Crippen LogP contribution in [0.3, 0.4) is 0 Å². The highest BCUT2D eigenvalue weighted by Crippen LogP contribution is 2.29. The number of aromatic nitrogens is 3. The summed E-state index contributed by atoms with van der Waals surface area (Å²) in [6.07, 6.45) is -3.03. The summed E-state index contributed by atoms with van der Waals surface area (Å²) in [6.45, 7) is 4.53. The number of fused-ring (bicyclic) bond motifs is 1. The number of alkyl halides is 3. The third kappa shape index (κ3) is 6.39. The van der Waals surface area contributed by atoms with Gasteiger partial charge in [0.1, 0.15) is 5.75 Å². The summed E-state index contributed by atoms with van der Waals surface area (Å²) in [5.74, 6) is -0.115. The maximum Gasteiger partial charge on any atom is 0.573 e. The van der Waals surface area contributed by atoms with E-state index >= 15 is 0 Å². The molecule has 38 heavy (non-hydrogen) atoms. The number of pyridine rings is 1. The fourth-order valence-corrected chi connectivity index (χ4v) is 4.11. The Morgan fingerprint density at radius 2 is 1.76 bits per heavy atom. The van der Waals surface area contributed by atoms with E-state index in [2.05, 4.69) is 30.4 Å². The minimum absolute atomic E-state index is 0.146. The summed E-state index contributed by atoms with van der Waals surface area (Å²) in [4.78, 5) is 19.3. The van der Waals surface area contributed by atoms with Crippen molar-refractivity contribution >= 4 is 23.2 Å².